The number of H-pyrrole nitrogens is 2. The first-order valence-corrected chi connectivity index (χ1v) is 22.8. The summed E-state index contributed by atoms with van der Waals surface area (Å²) in [5, 5.41) is 0. The summed E-state index contributed by atoms with van der Waals surface area (Å²) in [6.07, 6.45) is 28.9. The third kappa shape index (κ3) is 8.06. The average Bonchev–Trinajstić information content (AvgIpc) is 4.10. The molecule has 2 aliphatic heterocycles. The molecule has 0 saturated heterocycles. The summed E-state index contributed by atoms with van der Waals surface area (Å²) in [5.41, 5.74) is 10.8. The molecule has 5 heterocycles. The molecule has 0 amide bonds. The summed E-state index contributed by atoms with van der Waals surface area (Å²) < 4.78 is 94.9. The number of hydrogen-bond donors (Lipinski definition) is 2. The molecule has 0 saturated carbocycles. The zero-order valence-corrected chi connectivity index (χ0v) is 35.9. The normalized spacial score (nSPS) is 16.5. The number of allylic oxidation sites excluding steroid dienone is 16. The first-order chi connectivity index (χ1) is 29.0. The standard InChI is InChI=1S/C44H30N4O8S4.Fe/c49-57(50)29-9-1-25(2-10-29)41-33-17-19-35(45-33)42(26-3-11-30(12-4-26)58(51)52)37-21-23-39(47-37)44(28-7-15-32(16-8-28)60(55)56)40-24-22-38(48-40)43(36-20-18-34(41)46-36)27-5-13-31(14-6-27)59(53)54;/h1-9,11,13,15,17-24,45,48H,10,12,14,16H2;/q;+3. The Morgan fingerprint density at radius 3 is 0.754 bits per heavy atom. The number of aromatic nitrogens is 4. The van der Waals surface area contributed by atoms with Gasteiger partial charge in [0, 0.05) is 70.0 Å². The minimum Gasteiger partial charge on any atom is -0.354 e. The second-order valence-corrected chi connectivity index (χ2v) is 18.1. The molecule has 0 aromatic carbocycles. The van der Waals surface area contributed by atoms with Crippen LogP contribution in [0.25, 0.3) is 68.7 Å². The maximum atomic E-state index is 11.9. The molecule has 3 aromatic rings. The van der Waals surface area contributed by atoms with E-state index in [0.717, 1.165) is 22.3 Å². The van der Waals surface area contributed by atoms with Crippen LogP contribution in [0.5, 0.6) is 0 Å². The summed E-state index contributed by atoms with van der Waals surface area (Å²) in [6, 6.07) is 7.65. The van der Waals surface area contributed by atoms with Gasteiger partial charge in [-0.1, -0.05) is 48.6 Å². The Morgan fingerprint density at radius 1 is 0.344 bits per heavy atom. The molecule has 8 bridgehead atoms. The first kappa shape index (κ1) is 41.5. The van der Waals surface area contributed by atoms with Crippen LogP contribution in [-0.2, 0) is 58.2 Å². The second-order valence-electron chi connectivity index (χ2n) is 14.1. The fourth-order valence-corrected chi connectivity index (χ4v) is 9.37. The number of hydrogen-bond acceptors (Lipinski definition) is 10. The Kier molecular flexibility index (Phi) is 11.6. The van der Waals surface area contributed by atoms with Gasteiger partial charge in [0.05, 0.1) is 42.2 Å². The van der Waals surface area contributed by atoms with Crippen LogP contribution < -0.4 is 0 Å². The number of aromatic amines is 2. The molecule has 0 atom stereocenters. The van der Waals surface area contributed by atoms with E-state index in [1.165, 1.54) is 0 Å². The van der Waals surface area contributed by atoms with Crippen molar-refractivity contribution in [2.24, 2.45) is 0 Å². The van der Waals surface area contributed by atoms with Crippen LogP contribution in [0.4, 0.5) is 0 Å². The zero-order chi connectivity index (χ0) is 41.7. The summed E-state index contributed by atoms with van der Waals surface area (Å²) in [6.45, 7) is 0. The molecule has 0 fully saturated rings. The van der Waals surface area contributed by atoms with Crippen molar-refractivity contribution in [1.29, 1.82) is 0 Å². The van der Waals surface area contributed by atoms with Crippen molar-refractivity contribution in [2.45, 2.75) is 25.7 Å². The SMILES string of the molecule is O=S(=O)=C1C=CC(c2c3nc(c(C4=CCC(=S(=O)=O)C=C4)c4ccc([nH]4)c(C4=CCC(=S(=O)=O)C=C4)c4nc(c(C5=CCC(=S(=O)=O)C=C5)c5ccc2[nH]5)C=C4)C=C3)=CC1.[Fe+3]. The van der Waals surface area contributed by atoms with Gasteiger partial charge in [0.15, 0.2) is 0 Å². The fraction of sp³-hybridized carbons (Fsp3) is 0.0909. The van der Waals surface area contributed by atoms with Gasteiger partial charge in [0.1, 0.15) is 0 Å². The molecule has 61 heavy (non-hydrogen) atoms. The molecule has 0 spiro atoms. The predicted octanol–water partition coefficient (Wildman–Crippen LogP) is 6.23. The fourth-order valence-electron chi connectivity index (χ4n) is 7.77. The minimum absolute atomic E-state index is 0. The molecule has 6 aliphatic rings. The van der Waals surface area contributed by atoms with E-state index in [1.807, 2.05) is 72.9 Å². The van der Waals surface area contributed by atoms with Crippen molar-refractivity contribution in [1.82, 2.24) is 19.9 Å². The van der Waals surface area contributed by atoms with Crippen LogP contribution in [0.2, 0.25) is 0 Å². The number of rotatable bonds is 4. The molecule has 1 radical (unpaired) electrons. The third-order valence-corrected chi connectivity index (χ3v) is 13.6. The Labute approximate surface area is 365 Å². The molecular formula is C44H30FeN4O8S4+3. The maximum absolute atomic E-state index is 11.9. The Bertz CT molecular complexity index is 3150. The summed E-state index contributed by atoms with van der Waals surface area (Å²) in [5.74, 6) is 0. The summed E-state index contributed by atoms with van der Waals surface area (Å²) in [7, 11) is -9.54. The minimum atomic E-state index is -2.39. The molecule has 12 nitrogen and oxygen atoms in total. The van der Waals surface area contributed by atoms with Gasteiger partial charge in [-0.3, -0.25) is 0 Å². The Balaban J connectivity index is 0.00000514. The van der Waals surface area contributed by atoms with Crippen LogP contribution in [-0.4, -0.2) is 73.1 Å². The van der Waals surface area contributed by atoms with Crippen LogP contribution >= 0.6 is 0 Å². The van der Waals surface area contributed by atoms with Gasteiger partial charge in [-0.05, 0) is 95.2 Å². The maximum Gasteiger partial charge on any atom is 3.00 e. The number of nitrogens with zero attached hydrogens (tertiary/aromatic N) is 2. The molecule has 17 heteroatoms. The van der Waals surface area contributed by atoms with Crippen LogP contribution in [0, 0.1) is 0 Å². The topological polar surface area (TPSA) is 194 Å². The van der Waals surface area contributed by atoms with Crippen molar-refractivity contribution in [3.63, 3.8) is 0 Å². The average molecular weight is 927 g/mol. The van der Waals surface area contributed by atoms with E-state index >= 15 is 0 Å². The number of nitrogens with one attached hydrogen (secondary N) is 2. The van der Waals surface area contributed by atoms with Crippen molar-refractivity contribution in [3.8, 4) is 0 Å². The first-order valence-electron chi connectivity index (χ1n) is 18.5. The molecule has 3 aromatic heterocycles. The van der Waals surface area contributed by atoms with E-state index in [4.69, 9.17) is 9.97 Å². The molecule has 9 rings (SSSR count). The van der Waals surface area contributed by atoms with Gasteiger partial charge in [-0.2, -0.15) is 33.7 Å². The van der Waals surface area contributed by atoms with E-state index < -0.39 is 41.2 Å². The molecule has 2 N–H and O–H groups in total. The van der Waals surface area contributed by atoms with Crippen molar-refractivity contribution < 1.29 is 50.7 Å². The molecular weight excluding hydrogens is 897 g/mol. The monoisotopic (exact) mass is 926 g/mol. The van der Waals surface area contributed by atoms with Gasteiger partial charge in [0.2, 0.25) is 41.2 Å². The quantitative estimate of drug-likeness (QED) is 0.154. The predicted molar refractivity (Wildman–Crippen MR) is 242 cm³/mol. The van der Waals surface area contributed by atoms with Crippen LogP contribution in [0.1, 0.15) is 70.7 Å². The zero-order valence-electron chi connectivity index (χ0n) is 31.5. The Hall–Kier alpha value is -6.20. The number of fused-ring (bicyclic) bond motifs is 8. The summed E-state index contributed by atoms with van der Waals surface area (Å²) in [4.78, 5) is 18.5. The largest absolute Gasteiger partial charge is 3.00 e. The molecule has 4 aliphatic carbocycles. The van der Waals surface area contributed by atoms with Crippen molar-refractivity contribution in [3.05, 3.63) is 142 Å². The van der Waals surface area contributed by atoms with E-state index in [1.54, 1.807) is 48.6 Å². The third-order valence-electron chi connectivity index (χ3n) is 10.7. The van der Waals surface area contributed by atoms with Crippen molar-refractivity contribution in [2.75, 3.05) is 0 Å². The Morgan fingerprint density at radius 2 is 0.574 bits per heavy atom. The van der Waals surface area contributed by atoms with Gasteiger partial charge in [-0.15, -0.1) is 0 Å². The van der Waals surface area contributed by atoms with Gasteiger partial charge >= 0.3 is 17.1 Å². The molecule has 303 valence electrons. The van der Waals surface area contributed by atoms with Gasteiger partial charge < -0.3 is 9.97 Å². The van der Waals surface area contributed by atoms with E-state index in [9.17, 15) is 33.7 Å². The summed E-state index contributed by atoms with van der Waals surface area (Å²) >= 11 is 0. The van der Waals surface area contributed by atoms with E-state index in [-0.39, 0.29) is 62.2 Å². The van der Waals surface area contributed by atoms with Gasteiger partial charge in [-0.25, -0.2) is 9.97 Å². The smallest absolute Gasteiger partial charge is 0.354 e. The second kappa shape index (κ2) is 17.0. The molecule has 0 unspecified atom stereocenters. The van der Waals surface area contributed by atoms with Crippen molar-refractivity contribution >= 4 is 129 Å². The van der Waals surface area contributed by atoms with Crippen LogP contribution in [0.3, 0.4) is 0 Å². The van der Waals surface area contributed by atoms with Crippen LogP contribution in [0.15, 0.2) is 97.2 Å². The van der Waals surface area contributed by atoms with E-state index in [2.05, 4.69) is 9.97 Å². The van der Waals surface area contributed by atoms with E-state index in [0.29, 0.717) is 67.1 Å². The van der Waals surface area contributed by atoms with Gasteiger partial charge in [0.25, 0.3) is 0 Å².